The summed E-state index contributed by atoms with van der Waals surface area (Å²) in [5.74, 6) is -0.0388. The van der Waals surface area contributed by atoms with Gasteiger partial charge in [-0.2, -0.15) is 0 Å². The first-order chi connectivity index (χ1) is 15.9. The van der Waals surface area contributed by atoms with E-state index in [1.807, 2.05) is 12.1 Å². The summed E-state index contributed by atoms with van der Waals surface area (Å²) in [5.41, 5.74) is 1.55. The van der Waals surface area contributed by atoms with Crippen LogP contribution < -0.4 is 10.1 Å². The van der Waals surface area contributed by atoms with Crippen molar-refractivity contribution >= 4 is 17.6 Å². The molecule has 0 aliphatic carbocycles. The fourth-order valence-corrected chi connectivity index (χ4v) is 2.98. The van der Waals surface area contributed by atoms with Crippen LogP contribution in [0.1, 0.15) is 54.3 Å². The number of likely N-dealkylation sites (N-methyl/N-ethyl adjacent to an activating group) is 1. The van der Waals surface area contributed by atoms with Crippen LogP contribution in [0.15, 0.2) is 48.5 Å². The average molecular weight is 460 g/mol. The van der Waals surface area contributed by atoms with Crippen molar-refractivity contribution in [2.45, 2.75) is 33.6 Å². The Morgan fingerprint density at radius 3 is 2.18 bits per heavy atom. The van der Waals surface area contributed by atoms with Gasteiger partial charge in [0.05, 0.1) is 37.9 Å². The minimum atomic E-state index is -0.355. The molecule has 0 fully saturated rings. The van der Waals surface area contributed by atoms with Crippen molar-refractivity contribution in [2.75, 3.05) is 52.3 Å². The minimum Gasteiger partial charge on any atom is -0.493 e. The van der Waals surface area contributed by atoms with Crippen LogP contribution in [0.4, 0.5) is 5.69 Å². The maximum atomic E-state index is 12.7. The molecular weight excluding hydrogens is 420 g/mol. The minimum absolute atomic E-state index is 0.251. The number of hydrogen-bond acceptors (Lipinski definition) is 5. The average Bonchev–Trinajstić information content (AvgIpc) is 2.86. The Morgan fingerprint density at radius 1 is 0.939 bits per heavy atom. The Hall–Kier alpha value is -2.90. The smallest absolute Gasteiger partial charge is 0.338 e. The number of ether oxygens (including phenoxy) is 2. The summed E-state index contributed by atoms with van der Waals surface area (Å²) in [5, 5.41) is 9.86. The van der Waals surface area contributed by atoms with Gasteiger partial charge in [-0.25, -0.2) is 4.79 Å². The predicted octanol–water partition coefficient (Wildman–Crippen LogP) is 4.37. The third-order valence-corrected chi connectivity index (χ3v) is 5.66. The van der Waals surface area contributed by atoms with Crippen LogP contribution in [0, 0.1) is 0 Å². The Kier molecular flexibility index (Phi) is 12.8. The normalized spacial score (nSPS) is 10.6. The number of para-hydroxylation sites is 1. The van der Waals surface area contributed by atoms with Crippen molar-refractivity contribution in [3.8, 4) is 5.75 Å². The van der Waals surface area contributed by atoms with Gasteiger partial charge < -0.3 is 24.4 Å². The van der Waals surface area contributed by atoms with Crippen LogP contribution in [-0.4, -0.2) is 68.5 Å². The van der Waals surface area contributed by atoms with Crippen molar-refractivity contribution in [3.05, 3.63) is 59.7 Å². The van der Waals surface area contributed by atoms with E-state index >= 15 is 0 Å². The maximum absolute atomic E-state index is 12.7. The molecule has 0 saturated carbocycles. The maximum Gasteiger partial charge on any atom is 0.338 e. The molecule has 0 spiro atoms. The molecule has 0 aliphatic heterocycles. The number of nitrogens with one attached hydrogen (secondary N) is 1. The molecule has 0 saturated heterocycles. The number of rotatable bonds is 12. The van der Waals surface area contributed by atoms with E-state index in [1.165, 1.54) is 0 Å². The van der Waals surface area contributed by atoms with Crippen LogP contribution >= 0.6 is 0 Å². The SMILES string of the molecule is CCCCOc1ccccc1C(=O)Nc1ccc(C(=O)OCC[N+](C)(CC)CC)cc1.CO. The molecule has 33 heavy (non-hydrogen) atoms. The zero-order valence-corrected chi connectivity index (χ0v) is 20.6. The Bertz CT molecular complexity index is 848. The molecule has 2 N–H and O–H groups in total. The van der Waals surface area contributed by atoms with Crippen molar-refractivity contribution in [2.24, 2.45) is 0 Å². The molecule has 7 heteroatoms. The zero-order valence-electron chi connectivity index (χ0n) is 20.6. The third kappa shape index (κ3) is 9.24. The summed E-state index contributed by atoms with van der Waals surface area (Å²) < 4.78 is 12.0. The quantitative estimate of drug-likeness (QED) is 0.280. The van der Waals surface area contributed by atoms with E-state index in [4.69, 9.17) is 14.6 Å². The molecule has 0 heterocycles. The van der Waals surface area contributed by atoms with Gasteiger partial charge in [0.15, 0.2) is 0 Å². The highest BCUT2D eigenvalue weighted by Gasteiger charge is 2.18. The second kappa shape index (κ2) is 15.0. The monoisotopic (exact) mass is 459 g/mol. The number of aliphatic hydroxyl groups excluding tert-OH is 1. The Morgan fingerprint density at radius 2 is 1.58 bits per heavy atom. The Labute approximate surface area is 197 Å². The molecule has 2 aromatic carbocycles. The summed E-state index contributed by atoms with van der Waals surface area (Å²) in [6.45, 7) is 10.1. The number of esters is 1. The van der Waals surface area contributed by atoms with Crippen molar-refractivity contribution in [1.29, 1.82) is 0 Å². The van der Waals surface area contributed by atoms with E-state index in [2.05, 4.69) is 33.1 Å². The van der Waals surface area contributed by atoms with E-state index in [9.17, 15) is 9.59 Å². The second-order valence-corrected chi connectivity index (χ2v) is 7.84. The highest BCUT2D eigenvalue weighted by Crippen LogP contribution is 2.20. The summed E-state index contributed by atoms with van der Waals surface area (Å²) in [6.07, 6.45) is 1.96. The van der Waals surface area contributed by atoms with Crippen LogP contribution in [-0.2, 0) is 4.74 Å². The lowest BCUT2D eigenvalue weighted by atomic mass is 10.1. The number of carbonyl (C=O) groups excluding carboxylic acids is 2. The molecular formula is C26H39N2O5+. The van der Waals surface area contributed by atoms with Gasteiger partial charge in [-0.15, -0.1) is 0 Å². The first-order valence-corrected chi connectivity index (χ1v) is 11.5. The van der Waals surface area contributed by atoms with Gasteiger partial charge >= 0.3 is 5.97 Å². The predicted molar refractivity (Wildman–Crippen MR) is 132 cm³/mol. The van der Waals surface area contributed by atoms with Crippen molar-refractivity contribution in [1.82, 2.24) is 0 Å². The number of aliphatic hydroxyl groups is 1. The van der Waals surface area contributed by atoms with Crippen LogP contribution in [0.3, 0.4) is 0 Å². The van der Waals surface area contributed by atoms with Gasteiger partial charge in [-0.05, 0) is 56.7 Å². The molecule has 2 rings (SSSR count). The van der Waals surface area contributed by atoms with E-state index in [0.29, 0.717) is 35.8 Å². The van der Waals surface area contributed by atoms with Gasteiger partial charge in [0.2, 0.25) is 0 Å². The summed E-state index contributed by atoms with van der Waals surface area (Å²) >= 11 is 0. The zero-order chi connectivity index (χ0) is 24.7. The number of quaternary nitrogens is 1. The van der Waals surface area contributed by atoms with E-state index in [0.717, 1.165) is 44.1 Å². The fourth-order valence-electron chi connectivity index (χ4n) is 2.98. The molecule has 1 amide bonds. The number of carbonyl (C=O) groups is 2. The summed E-state index contributed by atoms with van der Waals surface area (Å²) in [7, 11) is 3.15. The molecule has 7 nitrogen and oxygen atoms in total. The van der Waals surface area contributed by atoms with Gasteiger partial charge in [0, 0.05) is 12.8 Å². The lowest BCUT2D eigenvalue weighted by Crippen LogP contribution is -2.46. The largest absolute Gasteiger partial charge is 0.493 e. The second-order valence-electron chi connectivity index (χ2n) is 7.84. The number of anilines is 1. The summed E-state index contributed by atoms with van der Waals surface area (Å²) in [4.78, 5) is 25.0. The summed E-state index contributed by atoms with van der Waals surface area (Å²) in [6, 6.07) is 13.9. The standard InChI is InChI=1S/C25H34N2O4.CH4O/c1-5-8-18-30-23-12-10-9-11-22(23)24(28)26-21-15-13-20(14-16-21)25(29)31-19-17-27(4,6-2)7-3;1-2/h9-16H,5-8,17-19H2,1-4H3;2H,1H3/p+1. The van der Waals surface area contributed by atoms with Crippen LogP contribution in [0.5, 0.6) is 5.75 Å². The number of amides is 1. The fraction of sp³-hybridized carbons (Fsp3) is 0.462. The lowest BCUT2D eigenvalue weighted by Gasteiger charge is -2.31. The molecule has 0 bridgehead atoms. The molecule has 2 aromatic rings. The first kappa shape index (κ1) is 28.1. The van der Waals surface area contributed by atoms with Gasteiger partial charge in [-0.3, -0.25) is 4.79 Å². The number of unbranched alkanes of at least 4 members (excludes halogenated alkanes) is 1. The lowest BCUT2D eigenvalue weighted by molar-refractivity contribution is -0.906. The van der Waals surface area contributed by atoms with Crippen molar-refractivity contribution < 1.29 is 28.7 Å². The highest BCUT2D eigenvalue weighted by molar-refractivity contribution is 6.06. The number of benzene rings is 2. The number of hydrogen-bond donors (Lipinski definition) is 2. The molecule has 0 aromatic heterocycles. The molecule has 0 aliphatic rings. The van der Waals surface area contributed by atoms with Crippen LogP contribution in [0.25, 0.3) is 0 Å². The third-order valence-electron chi connectivity index (χ3n) is 5.66. The molecule has 0 unspecified atom stereocenters. The first-order valence-electron chi connectivity index (χ1n) is 11.5. The Balaban J connectivity index is 0.00000265. The topological polar surface area (TPSA) is 84.9 Å². The van der Waals surface area contributed by atoms with Gasteiger partial charge in [-0.1, -0.05) is 25.5 Å². The van der Waals surface area contributed by atoms with E-state index in [-0.39, 0.29) is 11.9 Å². The molecule has 0 radical (unpaired) electrons. The van der Waals surface area contributed by atoms with Crippen LogP contribution in [0.2, 0.25) is 0 Å². The number of nitrogens with zero attached hydrogens (tertiary/aromatic N) is 1. The van der Waals surface area contributed by atoms with Crippen molar-refractivity contribution in [3.63, 3.8) is 0 Å². The van der Waals surface area contributed by atoms with E-state index in [1.54, 1.807) is 36.4 Å². The van der Waals surface area contributed by atoms with E-state index < -0.39 is 0 Å². The highest BCUT2D eigenvalue weighted by atomic mass is 16.5. The van der Waals surface area contributed by atoms with Gasteiger partial charge in [0.1, 0.15) is 18.9 Å². The van der Waals surface area contributed by atoms with Gasteiger partial charge in [0.25, 0.3) is 5.91 Å². The molecule has 0 atom stereocenters. The molecule has 182 valence electrons.